The lowest BCUT2D eigenvalue weighted by molar-refractivity contribution is -0.119. The fourth-order valence-corrected chi connectivity index (χ4v) is 5.24. The number of ketones is 1. The molecular formula is C29H31FN8O2. The van der Waals surface area contributed by atoms with Crippen molar-refractivity contribution in [1.29, 1.82) is 0 Å². The van der Waals surface area contributed by atoms with Gasteiger partial charge in [0.1, 0.15) is 29.6 Å². The van der Waals surface area contributed by atoms with E-state index in [0.717, 1.165) is 49.8 Å². The average molecular weight is 543 g/mol. The molecule has 40 heavy (non-hydrogen) atoms. The van der Waals surface area contributed by atoms with E-state index in [1.807, 2.05) is 6.07 Å². The summed E-state index contributed by atoms with van der Waals surface area (Å²) >= 11 is 0. The van der Waals surface area contributed by atoms with Gasteiger partial charge in [0.15, 0.2) is 11.3 Å². The predicted molar refractivity (Wildman–Crippen MR) is 149 cm³/mol. The third-order valence-electron chi connectivity index (χ3n) is 7.49. The molecule has 2 aliphatic rings. The number of hydrogen-bond acceptors (Lipinski definition) is 8. The molecule has 2 fully saturated rings. The summed E-state index contributed by atoms with van der Waals surface area (Å²) in [4.78, 5) is 38.1. The molecule has 0 atom stereocenters. The quantitative estimate of drug-likeness (QED) is 0.264. The molecule has 0 unspecified atom stereocenters. The van der Waals surface area contributed by atoms with Gasteiger partial charge >= 0.3 is 0 Å². The van der Waals surface area contributed by atoms with Crippen LogP contribution in [0.5, 0.6) is 0 Å². The number of aromatic nitrogens is 5. The van der Waals surface area contributed by atoms with Crippen molar-refractivity contribution < 1.29 is 14.0 Å². The Hall–Kier alpha value is -4.41. The molecular weight excluding hydrogens is 511 g/mol. The molecule has 0 aliphatic heterocycles. The van der Waals surface area contributed by atoms with Crippen molar-refractivity contribution in [3.05, 3.63) is 72.2 Å². The van der Waals surface area contributed by atoms with Crippen molar-refractivity contribution >= 4 is 34.7 Å². The summed E-state index contributed by atoms with van der Waals surface area (Å²) in [6.07, 6.45) is 11.3. The van der Waals surface area contributed by atoms with E-state index in [-0.39, 0.29) is 23.5 Å². The minimum atomic E-state index is -0.362. The SMILES string of the molecule is O=C(Cc1ccc(F)cc1)CC1CCC(Nc2cc(NC3CC3)c3ncc(C(=O)Nc4ccncn4)n3n2)CC1. The third-order valence-corrected chi connectivity index (χ3v) is 7.49. The molecule has 2 saturated carbocycles. The van der Waals surface area contributed by atoms with Crippen LogP contribution in [0.2, 0.25) is 0 Å². The van der Waals surface area contributed by atoms with Crippen LogP contribution in [0.4, 0.5) is 21.7 Å². The van der Waals surface area contributed by atoms with E-state index in [2.05, 4.69) is 30.9 Å². The fourth-order valence-electron chi connectivity index (χ4n) is 5.24. The summed E-state index contributed by atoms with van der Waals surface area (Å²) in [5.41, 5.74) is 2.58. The van der Waals surface area contributed by atoms with E-state index in [9.17, 15) is 14.0 Å². The van der Waals surface area contributed by atoms with Gasteiger partial charge in [0.2, 0.25) is 0 Å². The number of halogens is 1. The Balaban J connectivity index is 1.11. The number of hydrogen-bond donors (Lipinski definition) is 3. The van der Waals surface area contributed by atoms with Crippen molar-refractivity contribution in [2.75, 3.05) is 16.0 Å². The van der Waals surface area contributed by atoms with Gasteiger partial charge in [-0.2, -0.15) is 0 Å². The molecule has 1 amide bonds. The first-order chi connectivity index (χ1) is 19.5. The number of amides is 1. The highest BCUT2D eigenvalue weighted by molar-refractivity contribution is 6.03. The van der Waals surface area contributed by atoms with Gasteiger partial charge in [-0.3, -0.25) is 9.59 Å². The van der Waals surface area contributed by atoms with E-state index < -0.39 is 0 Å². The first-order valence-electron chi connectivity index (χ1n) is 13.8. The van der Waals surface area contributed by atoms with Gasteiger partial charge < -0.3 is 16.0 Å². The number of nitrogens with one attached hydrogen (secondary N) is 3. The van der Waals surface area contributed by atoms with Crippen molar-refractivity contribution in [3.8, 4) is 0 Å². The molecule has 0 radical (unpaired) electrons. The topological polar surface area (TPSA) is 126 Å². The number of carbonyl (C=O) groups is 2. The second-order valence-electron chi connectivity index (χ2n) is 10.7. The lowest BCUT2D eigenvalue weighted by Crippen LogP contribution is -2.28. The van der Waals surface area contributed by atoms with Crippen molar-refractivity contribution in [1.82, 2.24) is 24.6 Å². The molecule has 11 heteroatoms. The third kappa shape index (κ3) is 6.24. The molecule has 0 spiro atoms. The van der Waals surface area contributed by atoms with Crippen LogP contribution >= 0.6 is 0 Å². The Kier molecular flexibility index (Phi) is 7.35. The summed E-state index contributed by atoms with van der Waals surface area (Å²) < 4.78 is 14.7. The van der Waals surface area contributed by atoms with E-state index in [1.54, 1.807) is 28.9 Å². The maximum absolute atomic E-state index is 13.1. The molecule has 0 bridgehead atoms. The van der Waals surface area contributed by atoms with Gasteiger partial charge in [-0.05, 0) is 68.2 Å². The molecule has 206 valence electrons. The normalized spacial score (nSPS) is 18.8. The molecule has 2 aliphatic carbocycles. The Morgan fingerprint density at radius 2 is 1.68 bits per heavy atom. The predicted octanol–water partition coefficient (Wildman–Crippen LogP) is 4.66. The lowest BCUT2D eigenvalue weighted by Gasteiger charge is -2.29. The molecule has 3 N–H and O–H groups in total. The number of imidazole rings is 1. The molecule has 3 heterocycles. The van der Waals surface area contributed by atoms with Crippen molar-refractivity contribution in [3.63, 3.8) is 0 Å². The van der Waals surface area contributed by atoms with Crippen LogP contribution < -0.4 is 16.0 Å². The number of fused-ring (bicyclic) bond motifs is 1. The summed E-state index contributed by atoms with van der Waals surface area (Å²) in [6.45, 7) is 0. The van der Waals surface area contributed by atoms with E-state index >= 15 is 0 Å². The van der Waals surface area contributed by atoms with Gasteiger partial charge in [-0.15, -0.1) is 5.10 Å². The van der Waals surface area contributed by atoms with Gasteiger partial charge in [0.25, 0.3) is 5.91 Å². The molecule has 0 saturated heterocycles. The highest BCUT2D eigenvalue weighted by atomic mass is 19.1. The van der Waals surface area contributed by atoms with E-state index in [4.69, 9.17) is 5.10 Å². The number of benzene rings is 1. The summed E-state index contributed by atoms with van der Waals surface area (Å²) in [5.74, 6) is 0.951. The standard InChI is InChI=1S/C29H31FN8O2/c30-20-5-1-18(2-6-20)13-23(39)14-19-3-7-22(8-4-19)35-27-15-24(34-21-9-10-21)28-32-16-25(38(28)37-27)29(40)36-26-11-12-31-17-33-26/h1-2,5-6,11-12,15-17,19,21-22,34H,3-4,7-10,13-14H2,(H,35,37)(H,31,33,36,40). The minimum Gasteiger partial charge on any atom is -0.379 e. The van der Waals surface area contributed by atoms with Crippen LogP contribution in [0.1, 0.15) is 61.0 Å². The molecule has 3 aromatic heterocycles. The van der Waals surface area contributed by atoms with Crippen LogP contribution in [-0.2, 0) is 11.2 Å². The first kappa shape index (κ1) is 25.8. The number of rotatable bonds is 10. The number of carbonyl (C=O) groups excluding carboxylic acids is 2. The van der Waals surface area contributed by atoms with Crippen molar-refractivity contribution in [2.24, 2.45) is 5.92 Å². The van der Waals surface area contributed by atoms with E-state index in [0.29, 0.717) is 47.8 Å². The second-order valence-corrected chi connectivity index (χ2v) is 10.7. The largest absolute Gasteiger partial charge is 0.379 e. The summed E-state index contributed by atoms with van der Waals surface area (Å²) in [7, 11) is 0. The maximum Gasteiger partial charge on any atom is 0.277 e. The zero-order chi connectivity index (χ0) is 27.5. The zero-order valence-corrected chi connectivity index (χ0v) is 22.0. The first-order valence-corrected chi connectivity index (χ1v) is 13.8. The van der Waals surface area contributed by atoms with Gasteiger partial charge in [0, 0.05) is 37.2 Å². The molecule has 1 aromatic carbocycles. The average Bonchev–Trinajstić information content (AvgIpc) is 3.66. The number of Topliss-reactive ketones (excluding diaryl/α,β-unsaturated/α-hetero) is 1. The van der Waals surface area contributed by atoms with E-state index in [1.165, 1.54) is 24.7 Å². The zero-order valence-electron chi connectivity index (χ0n) is 22.0. The van der Waals surface area contributed by atoms with Crippen LogP contribution in [0.25, 0.3) is 5.65 Å². The van der Waals surface area contributed by atoms with Crippen LogP contribution in [0.3, 0.4) is 0 Å². The Morgan fingerprint density at radius 1 is 0.925 bits per heavy atom. The molecule has 10 nitrogen and oxygen atoms in total. The highest BCUT2D eigenvalue weighted by Gasteiger charge is 2.26. The Labute approximate surface area is 230 Å². The van der Waals surface area contributed by atoms with Gasteiger partial charge in [-0.1, -0.05) is 12.1 Å². The highest BCUT2D eigenvalue weighted by Crippen LogP contribution is 2.32. The Bertz CT molecular complexity index is 1500. The molecule has 4 aromatic rings. The Morgan fingerprint density at radius 3 is 2.40 bits per heavy atom. The van der Waals surface area contributed by atoms with Crippen LogP contribution in [0.15, 0.2) is 55.1 Å². The maximum atomic E-state index is 13.1. The summed E-state index contributed by atoms with van der Waals surface area (Å²) in [6, 6.07) is 10.3. The summed E-state index contributed by atoms with van der Waals surface area (Å²) in [5, 5.41) is 14.6. The lowest BCUT2D eigenvalue weighted by atomic mass is 9.82. The fraction of sp³-hybridized carbons (Fsp3) is 0.379. The van der Waals surface area contributed by atoms with Crippen molar-refractivity contribution in [2.45, 2.75) is 63.5 Å². The van der Waals surface area contributed by atoms with Gasteiger partial charge in [0.05, 0.1) is 11.9 Å². The number of anilines is 3. The smallest absolute Gasteiger partial charge is 0.277 e. The molecule has 6 rings (SSSR count). The minimum absolute atomic E-state index is 0.193. The monoisotopic (exact) mass is 542 g/mol. The van der Waals surface area contributed by atoms with Crippen LogP contribution in [0, 0.1) is 11.7 Å². The van der Waals surface area contributed by atoms with Crippen LogP contribution in [-0.4, -0.2) is 48.3 Å². The van der Waals surface area contributed by atoms with Gasteiger partial charge in [-0.25, -0.2) is 23.9 Å². The second kappa shape index (κ2) is 11.4. The number of nitrogens with zero attached hydrogens (tertiary/aromatic N) is 5.